The zero-order valence-corrected chi connectivity index (χ0v) is 21.4. The van der Waals surface area contributed by atoms with Gasteiger partial charge in [-0.2, -0.15) is 4.98 Å². The van der Waals surface area contributed by atoms with Crippen molar-refractivity contribution in [1.82, 2.24) is 29.7 Å². The van der Waals surface area contributed by atoms with E-state index in [-0.39, 0.29) is 23.7 Å². The number of nitrogens with one attached hydrogen (secondary N) is 2. The van der Waals surface area contributed by atoms with E-state index in [0.717, 1.165) is 63.1 Å². The lowest BCUT2D eigenvalue weighted by molar-refractivity contribution is 0.285. The van der Waals surface area contributed by atoms with Crippen molar-refractivity contribution in [3.8, 4) is 11.6 Å². The lowest BCUT2D eigenvalue weighted by Gasteiger charge is -2.32. The van der Waals surface area contributed by atoms with Gasteiger partial charge in [-0.05, 0) is 70.1 Å². The average molecular weight is 511 g/mol. The molecule has 3 fully saturated rings. The Hall–Kier alpha value is -3.24. The van der Waals surface area contributed by atoms with Crippen LogP contribution < -0.4 is 16.0 Å². The van der Waals surface area contributed by atoms with Crippen LogP contribution in [-0.2, 0) is 6.54 Å². The number of rotatable bonds is 8. The zero-order valence-electron chi connectivity index (χ0n) is 21.4. The van der Waals surface area contributed by atoms with E-state index in [9.17, 15) is 9.18 Å². The van der Waals surface area contributed by atoms with Gasteiger partial charge in [0.2, 0.25) is 17.6 Å². The summed E-state index contributed by atoms with van der Waals surface area (Å²) >= 11 is 0. The quantitative estimate of drug-likeness (QED) is 0.427. The summed E-state index contributed by atoms with van der Waals surface area (Å²) in [6.45, 7) is 7.48. The normalized spacial score (nSPS) is 22.1. The second-order valence-electron chi connectivity index (χ2n) is 11.0. The summed E-state index contributed by atoms with van der Waals surface area (Å²) < 4.78 is 21.0. The number of aromatic amines is 1. The van der Waals surface area contributed by atoms with Gasteiger partial charge in [0.05, 0.1) is 6.04 Å². The Morgan fingerprint density at radius 3 is 2.65 bits per heavy atom. The molecule has 3 aliphatic rings. The van der Waals surface area contributed by atoms with Crippen LogP contribution in [0.3, 0.4) is 0 Å². The molecule has 2 saturated carbocycles. The first-order valence-electron chi connectivity index (χ1n) is 13.6. The Kier molecular flexibility index (Phi) is 6.46. The molecule has 1 aliphatic heterocycles. The average Bonchev–Trinajstić information content (AvgIpc) is 3.57. The number of nitrogens with zero attached hydrogens (tertiary/aromatic N) is 6. The number of hydrogen-bond acceptors (Lipinski definition) is 8. The molecule has 3 aromatic rings. The van der Waals surface area contributed by atoms with Crippen LogP contribution in [0.4, 0.5) is 16.2 Å². The molecule has 6 rings (SSSR count). The van der Waals surface area contributed by atoms with E-state index in [1.165, 1.54) is 24.8 Å². The van der Waals surface area contributed by atoms with Crippen LogP contribution in [0, 0.1) is 11.8 Å². The minimum absolute atomic E-state index is 0.163. The Labute approximate surface area is 214 Å². The molecule has 1 saturated heterocycles. The van der Waals surface area contributed by atoms with E-state index < -0.39 is 12.4 Å². The van der Waals surface area contributed by atoms with Crippen molar-refractivity contribution in [3.05, 3.63) is 22.7 Å². The van der Waals surface area contributed by atoms with Gasteiger partial charge in [0.25, 0.3) is 0 Å². The third-order valence-corrected chi connectivity index (χ3v) is 8.52. The number of anilines is 2. The highest BCUT2D eigenvalue weighted by molar-refractivity contribution is 5.87. The van der Waals surface area contributed by atoms with E-state index in [0.29, 0.717) is 23.3 Å². The molecule has 2 atom stereocenters. The highest BCUT2D eigenvalue weighted by Crippen LogP contribution is 2.37. The number of halogens is 1. The minimum Gasteiger partial charge on any atom is -0.365 e. The molecule has 2 aliphatic carbocycles. The largest absolute Gasteiger partial charge is 0.439 e. The van der Waals surface area contributed by atoms with Crippen LogP contribution in [-0.4, -0.2) is 55.0 Å². The van der Waals surface area contributed by atoms with Gasteiger partial charge in [-0.15, -0.1) is 0 Å². The van der Waals surface area contributed by atoms with Gasteiger partial charge in [0.1, 0.15) is 12.2 Å². The topological polar surface area (TPSA) is 118 Å². The van der Waals surface area contributed by atoms with Crippen molar-refractivity contribution < 1.29 is 8.91 Å². The molecule has 2 N–H and O–H groups in total. The molecular weight excluding hydrogens is 475 g/mol. The van der Waals surface area contributed by atoms with E-state index in [4.69, 9.17) is 19.5 Å². The van der Waals surface area contributed by atoms with E-state index in [1.54, 1.807) is 0 Å². The van der Waals surface area contributed by atoms with Gasteiger partial charge in [0, 0.05) is 19.1 Å². The summed E-state index contributed by atoms with van der Waals surface area (Å²) in [5, 5.41) is 7.46. The van der Waals surface area contributed by atoms with Gasteiger partial charge < -0.3 is 14.8 Å². The maximum atomic E-state index is 14.0. The molecule has 4 heterocycles. The van der Waals surface area contributed by atoms with Gasteiger partial charge in [-0.1, -0.05) is 23.7 Å². The summed E-state index contributed by atoms with van der Waals surface area (Å²) in [5.41, 5.74) is 2.65. The molecule has 11 heteroatoms. The van der Waals surface area contributed by atoms with Crippen molar-refractivity contribution in [2.45, 2.75) is 83.3 Å². The van der Waals surface area contributed by atoms with Crippen LogP contribution in [0.15, 0.2) is 21.5 Å². The lowest BCUT2D eigenvalue weighted by Crippen LogP contribution is -2.34. The highest BCUT2D eigenvalue weighted by atomic mass is 19.1. The van der Waals surface area contributed by atoms with Crippen molar-refractivity contribution >= 4 is 22.9 Å². The summed E-state index contributed by atoms with van der Waals surface area (Å²) in [6, 6.07) is 0.0255. The van der Waals surface area contributed by atoms with Crippen molar-refractivity contribution in [1.29, 1.82) is 0 Å². The number of H-pyrrole nitrogens is 1. The molecule has 10 nitrogen and oxygen atoms in total. The molecular formula is C26H35FN8O2. The first-order chi connectivity index (χ1) is 18.0. The number of alkyl halides is 1. The molecule has 0 radical (unpaired) electrons. The molecule has 37 heavy (non-hydrogen) atoms. The van der Waals surface area contributed by atoms with Crippen LogP contribution in [0.2, 0.25) is 0 Å². The fourth-order valence-electron chi connectivity index (χ4n) is 6.01. The van der Waals surface area contributed by atoms with Crippen LogP contribution >= 0.6 is 0 Å². The van der Waals surface area contributed by atoms with Crippen molar-refractivity contribution in [2.75, 3.05) is 23.4 Å². The van der Waals surface area contributed by atoms with Gasteiger partial charge in [0.15, 0.2) is 11.5 Å². The predicted octanol–water partition coefficient (Wildman–Crippen LogP) is 4.45. The monoisotopic (exact) mass is 510 g/mol. The summed E-state index contributed by atoms with van der Waals surface area (Å²) in [6.07, 6.45) is 9.58. The molecule has 0 aromatic carbocycles. The first kappa shape index (κ1) is 24.1. The van der Waals surface area contributed by atoms with Gasteiger partial charge in [-0.3, -0.25) is 9.51 Å². The highest BCUT2D eigenvalue weighted by Gasteiger charge is 2.33. The SMILES string of the molecule is C=C1CCC(Cn2c(N3CCC[C@H]3CF)nc3nc(-c4noc(=O)[nH]4)nc(N[C@H](C)C4CCC4)c32)CC1. The molecule has 0 bridgehead atoms. The zero-order chi connectivity index (χ0) is 25.5. The maximum absolute atomic E-state index is 14.0. The number of aromatic nitrogens is 6. The number of imidazole rings is 1. The summed E-state index contributed by atoms with van der Waals surface area (Å²) in [4.78, 5) is 30.8. The third-order valence-electron chi connectivity index (χ3n) is 8.52. The Morgan fingerprint density at radius 1 is 1.16 bits per heavy atom. The molecule has 0 unspecified atom stereocenters. The minimum atomic E-state index is -0.663. The van der Waals surface area contributed by atoms with Crippen molar-refractivity contribution in [2.24, 2.45) is 11.8 Å². The number of fused-ring (bicyclic) bond motifs is 1. The maximum Gasteiger partial charge on any atom is 0.439 e. The van der Waals surface area contributed by atoms with Crippen LogP contribution in [0.25, 0.3) is 22.8 Å². The number of allylic oxidation sites excluding steroid dienone is 1. The summed E-state index contributed by atoms with van der Waals surface area (Å²) in [7, 11) is 0. The van der Waals surface area contributed by atoms with Crippen LogP contribution in [0.5, 0.6) is 0 Å². The number of hydrogen-bond donors (Lipinski definition) is 2. The van der Waals surface area contributed by atoms with Gasteiger partial charge in [-0.25, -0.2) is 19.2 Å². The van der Waals surface area contributed by atoms with E-state index in [1.807, 2.05) is 0 Å². The fraction of sp³-hybridized carbons (Fsp3) is 0.654. The Bertz CT molecular complexity index is 1330. The van der Waals surface area contributed by atoms with E-state index in [2.05, 4.69) is 38.4 Å². The van der Waals surface area contributed by atoms with Crippen LogP contribution in [0.1, 0.15) is 64.7 Å². The molecule has 0 amide bonds. The smallest absolute Gasteiger partial charge is 0.365 e. The van der Waals surface area contributed by atoms with E-state index >= 15 is 0 Å². The lowest BCUT2D eigenvalue weighted by atomic mass is 9.80. The second-order valence-corrected chi connectivity index (χ2v) is 11.0. The Morgan fingerprint density at radius 2 is 1.97 bits per heavy atom. The van der Waals surface area contributed by atoms with Crippen molar-refractivity contribution in [3.63, 3.8) is 0 Å². The predicted molar refractivity (Wildman–Crippen MR) is 139 cm³/mol. The Balaban J connectivity index is 1.49. The third kappa shape index (κ3) is 4.64. The molecule has 198 valence electrons. The van der Waals surface area contributed by atoms with Gasteiger partial charge >= 0.3 is 5.76 Å². The summed E-state index contributed by atoms with van der Waals surface area (Å²) in [5.74, 6) is 2.21. The molecule has 3 aromatic heterocycles. The first-order valence-corrected chi connectivity index (χ1v) is 13.6. The second kappa shape index (κ2) is 9.90. The standard InChI is InChI=1S/C26H35FN8O2/c1-15-8-10-17(11-9-15)14-35-20-21(28-16(2)18-5-3-6-18)29-23(24-32-26(36)37-33-24)30-22(20)31-25(35)34-12-4-7-19(34)13-27/h16-19H,1,3-14H2,2H3,(H,28,29,30)(H,32,33,36)/t16-,19+/m1/s1. The molecule has 0 spiro atoms. The fourth-order valence-corrected chi connectivity index (χ4v) is 6.01.